The first kappa shape index (κ1) is 16.1. The Bertz CT molecular complexity index is 561. The van der Waals surface area contributed by atoms with Gasteiger partial charge in [0.25, 0.3) is 0 Å². The highest BCUT2D eigenvalue weighted by atomic mass is 32.2. The predicted molar refractivity (Wildman–Crippen MR) is 76.5 cm³/mol. The number of rotatable bonds is 5. The maximum Gasteiger partial charge on any atom is 0.247 e. The number of thiophene rings is 1. The Labute approximate surface area is 118 Å². The Morgan fingerprint density at radius 2 is 2.00 bits per heavy atom. The zero-order valence-electron chi connectivity index (χ0n) is 11.6. The molecule has 108 valence electrons. The standard InChI is InChI=1S/C12H20N2O3S2/c1-5-12(2,3)14(4)10(15)8-9-6-7-11(18-9)19(13,16)17/h6-7H,5,8H2,1-4H3,(H2,13,16,17). The van der Waals surface area contributed by atoms with Gasteiger partial charge in [0, 0.05) is 17.5 Å². The van der Waals surface area contributed by atoms with Gasteiger partial charge in [-0.15, -0.1) is 11.3 Å². The summed E-state index contributed by atoms with van der Waals surface area (Å²) in [6, 6.07) is 3.07. The molecule has 1 heterocycles. The third-order valence-corrected chi connectivity index (χ3v) is 5.91. The van der Waals surface area contributed by atoms with Gasteiger partial charge in [-0.3, -0.25) is 4.79 Å². The fourth-order valence-corrected chi connectivity index (χ4v) is 3.22. The minimum atomic E-state index is -3.68. The summed E-state index contributed by atoms with van der Waals surface area (Å²) in [5.41, 5.74) is -0.211. The summed E-state index contributed by atoms with van der Waals surface area (Å²) in [5.74, 6) is -0.0327. The topological polar surface area (TPSA) is 80.5 Å². The zero-order valence-corrected chi connectivity index (χ0v) is 13.3. The van der Waals surface area contributed by atoms with Gasteiger partial charge in [0.1, 0.15) is 4.21 Å². The molecular weight excluding hydrogens is 284 g/mol. The zero-order chi connectivity index (χ0) is 14.8. The highest BCUT2D eigenvalue weighted by Crippen LogP contribution is 2.23. The van der Waals surface area contributed by atoms with Crippen molar-refractivity contribution in [2.24, 2.45) is 5.14 Å². The molecule has 0 saturated heterocycles. The summed E-state index contributed by atoms with van der Waals surface area (Å²) >= 11 is 1.04. The molecule has 0 bridgehead atoms. The lowest BCUT2D eigenvalue weighted by atomic mass is 9.99. The van der Waals surface area contributed by atoms with E-state index in [4.69, 9.17) is 5.14 Å². The molecule has 0 fully saturated rings. The number of nitrogens with zero attached hydrogens (tertiary/aromatic N) is 1. The van der Waals surface area contributed by atoms with Crippen LogP contribution in [0.5, 0.6) is 0 Å². The van der Waals surface area contributed by atoms with Gasteiger partial charge < -0.3 is 4.90 Å². The average molecular weight is 304 g/mol. The number of likely N-dealkylation sites (N-methyl/N-ethyl adjacent to an activating group) is 1. The Balaban J connectivity index is 2.81. The molecule has 0 aromatic carbocycles. The normalized spacial score (nSPS) is 12.5. The molecule has 1 rings (SSSR count). The van der Waals surface area contributed by atoms with Gasteiger partial charge in [-0.05, 0) is 32.4 Å². The number of sulfonamides is 1. The molecular formula is C12H20N2O3S2. The van der Waals surface area contributed by atoms with E-state index in [0.29, 0.717) is 4.88 Å². The molecule has 1 aromatic rings. The van der Waals surface area contributed by atoms with Crippen molar-refractivity contribution in [2.75, 3.05) is 7.05 Å². The maximum absolute atomic E-state index is 12.1. The molecule has 0 radical (unpaired) electrons. The molecule has 0 unspecified atom stereocenters. The molecule has 0 aliphatic rings. The smallest absolute Gasteiger partial charge is 0.247 e. The van der Waals surface area contributed by atoms with Gasteiger partial charge in [-0.2, -0.15) is 0 Å². The van der Waals surface area contributed by atoms with Crippen LogP contribution in [-0.2, 0) is 21.2 Å². The number of nitrogens with two attached hydrogens (primary N) is 1. The average Bonchev–Trinajstić information content (AvgIpc) is 2.76. The Morgan fingerprint density at radius 3 is 2.42 bits per heavy atom. The lowest BCUT2D eigenvalue weighted by Crippen LogP contribution is -2.45. The van der Waals surface area contributed by atoms with Gasteiger partial charge in [0.15, 0.2) is 0 Å². The molecule has 0 saturated carbocycles. The summed E-state index contributed by atoms with van der Waals surface area (Å²) < 4.78 is 22.4. The quantitative estimate of drug-likeness (QED) is 0.897. The van der Waals surface area contributed by atoms with Crippen LogP contribution in [0.3, 0.4) is 0 Å². The Morgan fingerprint density at radius 1 is 1.42 bits per heavy atom. The Kier molecular flexibility index (Phi) is 4.76. The van der Waals surface area contributed by atoms with Gasteiger partial charge in [-0.25, -0.2) is 13.6 Å². The number of primary sulfonamides is 1. The highest BCUT2D eigenvalue weighted by Gasteiger charge is 2.26. The summed E-state index contributed by atoms with van der Waals surface area (Å²) in [7, 11) is -1.91. The second-order valence-electron chi connectivity index (χ2n) is 5.06. The van der Waals surface area contributed by atoms with Crippen molar-refractivity contribution in [3.8, 4) is 0 Å². The van der Waals surface area contributed by atoms with Gasteiger partial charge >= 0.3 is 0 Å². The molecule has 1 amide bonds. The number of carbonyl (C=O) groups excluding carboxylic acids is 1. The van der Waals surface area contributed by atoms with Crippen molar-refractivity contribution in [2.45, 2.75) is 43.4 Å². The van der Waals surface area contributed by atoms with Crippen molar-refractivity contribution in [1.82, 2.24) is 4.90 Å². The van der Waals surface area contributed by atoms with Crippen LogP contribution >= 0.6 is 11.3 Å². The second-order valence-corrected chi connectivity index (χ2v) is 8.02. The van der Waals surface area contributed by atoms with Crippen LogP contribution in [0, 0.1) is 0 Å². The van der Waals surface area contributed by atoms with Crippen LogP contribution in [0.1, 0.15) is 32.1 Å². The van der Waals surface area contributed by atoms with Crippen molar-refractivity contribution < 1.29 is 13.2 Å². The number of carbonyl (C=O) groups is 1. The molecule has 0 aliphatic heterocycles. The molecule has 0 atom stereocenters. The van der Waals surface area contributed by atoms with Crippen molar-refractivity contribution >= 4 is 27.3 Å². The minimum Gasteiger partial charge on any atom is -0.340 e. The summed E-state index contributed by atoms with van der Waals surface area (Å²) in [4.78, 5) is 14.5. The minimum absolute atomic E-state index is 0.0327. The van der Waals surface area contributed by atoms with Crippen molar-refractivity contribution in [1.29, 1.82) is 0 Å². The first-order valence-electron chi connectivity index (χ1n) is 5.96. The highest BCUT2D eigenvalue weighted by molar-refractivity contribution is 7.91. The number of amides is 1. The van der Waals surface area contributed by atoms with E-state index in [9.17, 15) is 13.2 Å². The van der Waals surface area contributed by atoms with Crippen molar-refractivity contribution in [3.63, 3.8) is 0 Å². The molecule has 0 spiro atoms. The first-order chi connectivity index (χ1) is 8.58. The van der Waals surface area contributed by atoms with Gasteiger partial charge in [0.05, 0.1) is 6.42 Å². The number of hydrogen-bond donors (Lipinski definition) is 1. The largest absolute Gasteiger partial charge is 0.340 e. The van der Waals surface area contributed by atoms with E-state index in [1.165, 1.54) is 6.07 Å². The number of hydrogen-bond acceptors (Lipinski definition) is 4. The summed E-state index contributed by atoms with van der Waals surface area (Å²) in [5, 5.41) is 5.04. The third-order valence-electron chi connectivity index (χ3n) is 3.39. The van der Waals surface area contributed by atoms with Crippen LogP contribution in [0.15, 0.2) is 16.3 Å². The maximum atomic E-state index is 12.1. The van der Waals surface area contributed by atoms with E-state index >= 15 is 0 Å². The first-order valence-corrected chi connectivity index (χ1v) is 8.32. The van der Waals surface area contributed by atoms with Crippen molar-refractivity contribution in [3.05, 3.63) is 17.0 Å². The Hall–Kier alpha value is -0.920. The van der Waals surface area contributed by atoms with Gasteiger partial charge in [0.2, 0.25) is 15.9 Å². The van der Waals surface area contributed by atoms with Crippen LogP contribution in [0.4, 0.5) is 0 Å². The molecule has 19 heavy (non-hydrogen) atoms. The van der Waals surface area contributed by atoms with Crippen LogP contribution in [-0.4, -0.2) is 31.8 Å². The molecule has 5 nitrogen and oxygen atoms in total. The monoisotopic (exact) mass is 304 g/mol. The summed E-state index contributed by atoms with van der Waals surface area (Å²) in [6.45, 7) is 6.01. The van der Waals surface area contributed by atoms with E-state index in [1.54, 1.807) is 18.0 Å². The fraction of sp³-hybridized carbons (Fsp3) is 0.583. The predicted octanol–water partition coefficient (Wildman–Crippen LogP) is 1.59. The third kappa shape index (κ3) is 4.02. The summed E-state index contributed by atoms with van der Waals surface area (Å²) in [6.07, 6.45) is 1.04. The lowest BCUT2D eigenvalue weighted by molar-refractivity contribution is -0.133. The molecule has 2 N–H and O–H groups in total. The van der Waals surface area contributed by atoms with E-state index in [-0.39, 0.29) is 22.1 Å². The van der Waals surface area contributed by atoms with E-state index in [0.717, 1.165) is 17.8 Å². The van der Waals surface area contributed by atoms with Crippen LogP contribution < -0.4 is 5.14 Å². The van der Waals surface area contributed by atoms with E-state index in [1.807, 2.05) is 20.8 Å². The molecule has 1 aromatic heterocycles. The van der Waals surface area contributed by atoms with E-state index < -0.39 is 10.0 Å². The van der Waals surface area contributed by atoms with Crippen LogP contribution in [0.25, 0.3) is 0 Å². The fourth-order valence-electron chi connectivity index (χ4n) is 1.45. The lowest BCUT2D eigenvalue weighted by Gasteiger charge is -2.34. The molecule has 7 heteroatoms. The van der Waals surface area contributed by atoms with E-state index in [2.05, 4.69) is 0 Å². The van der Waals surface area contributed by atoms with Crippen LogP contribution in [0.2, 0.25) is 0 Å². The van der Waals surface area contributed by atoms with Gasteiger partial charge in [-0.1, -0.05) is 6.92 Å². The molecule has 0 aliphatic carbocycles. The second kappa shape index (κ2) is 5.60. The SMILES string of the molecule is CCC(C)(C)N(C)C(=O)Cc1ccc(S(N)(=O)=O)s1.